The van der Waals surface area contributed by atoms with E-state index >= 15 is 0 Å². The molecule has 1 saturated carbocycles. The first-order valence-electron chi connectivity index (χ1n) is 9.09. The van der Waals surface area contributed by atoms with Gasteiger partial charge < -0.3 is 5.32 Å². The van der Waals surface area contributed by atoms with Gasteiger partial charge in [-0.2, -0.15) is 0 Å². The molecule has 0 bridgehead atoms. The van der Waals surface area contributed by atoms with Gasteiger partial charge in [0.1, 0.15) is 4.90 Å². The van der Waals surface area contributed by atoms with Crippen molar-refractivity contribution in [1.29, 1.82) is 0 Å². The molecule has 8 heteroatoms. The van der Waals surface area contributed by atoms with Crippen molar-refractivity contribution in [3.63, 3.8) is 0 Å². The van der Waals surface area contributed by atoms with Gasteiger partial charge in [-0.3, -0.25) is 4.79 Å². The van der Waals surface area contributed by atoms with E-state index in [1.807, 2.05) is 12.1 Å². The molecule has 1 amide bonds. The summed E-state index contributed by atoms with van der Waals surface area (Å²) in [6, 6.07) is 14.4. The van der Waals surface area contributed by atoms with E-state index in [9.17, 15) is 13.2 Å². The van der Waals surface area contributed by atoms with Gasteiger partial charge in [-0.05, 0) is 42.7 Å². The van der Waals surface area contributed by atoms with Crippen LogP contribution in [0, 0.1) is 0 Å². The summed E-state index contributed by atoms with van der Waals surface area (Å²) in [6.07, 6.45) is 3.27. The van der Waals surface area contributed by atoms with Gasteiger partial charge in [0, 0.05) is 29.4 Å². The van der Waals surface area contributed by atoms with Crippen LogP contribution >= 0.6 is 27.5 Å². The molecule has 0 aromatic heterocycles. The molecule has 0 heterocycles. The van der Waals surface area contributed by atoms with Gasteiger partial charge in [-0.1, -0.05) is 58.2 Å². The van der Waals surface area contributed by atoms with Crippen LogP contribution in [0.15, 0.2) is 57.9 Å². The summed E-state index contributed by atoms with van der Waals surface area (Å²) in [6.45, 7) is 0.572. The van der Waals surface area contributed by atoms with Crippen molar-refractivity contribution in [1.82, 2.24) is 10.0 Å². The summed E-state index contributed by atoms with van der Waals surface area (Å²) in [5.41, 5.74) is 1.18. The number of carbonyl (C=O) groups excluding carboxylic acids is 1. The quantitative estimate of drug-likeness (QED) is 0.593. The third-order valence-corrected chi connectivity index (χ3v) is 7.60. The van der Waals surface area contributed by atoms with Gasteiger partial charge in [0.2, 0.25) is 15.9 Å². The SMILES string of the molecule is O=C(CCNS(=O)(=O)c1ccccc1Cl)NCC1(c2cccc(Br)c2)CCC1. The first-order valence-corrected chi connectivity index (χ1v) is 11.7. The lowest BCUT2D eigenvalue weighted by molar-refractivity contribution is -0.121. The maximum Gasteiger partial charge on any atom is 0.242 e. The molecule has 0 saturated heterocycles. The van der Waals surface area contributed by atoms with Crippen LogP contribution < -0.4 is 10.0 Å². The van der Waals surface area contributed by atoms with Crippen LogP contribution in [0.3, 0.4) is 0 Å². The van der Waals surface area contributed by atoms with E-state index < -0.39 is 10.0 Å². The van der Waals surface area contributed by atoms with Crippen LogP contribution in [0.1, 0.15) is 31.2 Å². The van der Waals surface area contributed by atoms with Gasteiger partial charge in [-0.25, -0.2) is 13.1 Å². The number of amides is 1. The second kappa shape index (κ2) is 8.95. The standard InChI is InChI=1S/C20H22BrClN2O3S/c21-16-6-3-5-15(13-16)20(10-4-11-20)14-23-19(25)9-12-24-28(26,27)18-8-2-1-7-17(18)22/h1-3,5-8,13,24H,4,9-12,14H2,(H,23,25). The van der Waals surface area contributed by atoms with Crippen LogP contribution in [0.25, 0.3) is 0 Å². The van der Waals surface area contributed by atoms with E-state index in [1.165, 1.54) is 17.7 Å². The van der Waals surface area contributed by atoms with Crippen LogP contribution in [0.2, 0.25) is 5.02 Å². The topological polar surface area (TPSA) is 75.3 Å². The molecule has 5 nitrogen and oxygen atoms in total. The Bertz CT molecular complexity index is 961. The van der Waals surface area contributed by atoms with Crippen LogP contribution in [-0.2, 0) is 20.2 Å². The number of sulfonamides is 1. The molecule has 1 aliphatic carbocycles. The lowest BCUT2D eigenvalue weighted by Gasteiger charge is -2.42. The number of carbonyl (C=O) groups is 1. The Kier molecular flexibility index (Phi) is 6.81. The highest BCUT2D eigenvalue weighted by molar-refractivity contribution is 9.10. The second-order valence-electron chi connectivity index (χ2n) is 7.00. The van der Waals surface area contributed by atoms with Crippen LogP contribution in [-0.4, -0.2) is 27.4 Å². The average molecular weight is 486 g/mol. The fourth-order valence-electron chi connectivity index (χ4n) is 3.38. The molecule has 2 aromatic rings. The van der Waals surface area contributed by atoms with Crippen LogP contribution in [0.5, 0.6) is 0 Å². The largest absolute Gasteiger partial charge is 0.355 e. The normalized spacial score (nSPS) is 15.6. The zero-order chi connectivity index (χ0) is 20.2. The Morgan fingerprint density at radius 2 is 1.89 bits per heavy atom. The smallest absolute Gasteiger partial charge is 0.242 e. The number of rotatable bonds is 8. The van der Waals surface area contributed by atoms with Gasteiger partial charge in [0.15, 0.2) is 0 Å². The molecule has 28 heavy (non-hydrogen) atoms. The third kappa shape index (κ3) is 4.95. The minimum absolute atomic E-state index is 0.0140. The Hall–Kier alpha value is -1.41. The molecule has 0 radical (unpaired) electrons. The first kappa shape index (κ1) is 21.3. The summed E-state index contributed by atoms with van der Waals surface area (Å²) >= 11 is 9.44. The number of nitrogens with one attached hydrogen (secondary N) is 2. The molecule has 2 N–H and O–H groups in total. The number of halogens is 2. The van der Waals surface area contributed by atoms with E-state index in [0.717, 1.165) is 23.7 Å². The molecule has 1 aliphatic rings. The number of hydrogen-bond donors (Lipinski definition) is 2. The lowest BCUT2D eigenvalue weighted by atomic mass is 9.64. The number of hydrogen-bond acceptors (Lipinski definition) is 3. The molecule has 0 aliphatic heterocycles. The molecule has 150 valence electrons. The zero-order valence-electron chi connectivity index (χ0n) is 15.3. The average Bonchev–Trinajstić information content (AvgIpc) is 2.61. The minimum Gasteiger partial charge on any atom is -0.355 e. The lowest BCUT2D eigenvalue weighted by Crippen LogP contribution is -2.46. The van der Waals surface area contributed by atoms with Crippen molar-refractivity contribution >= 4 is 43.5 Å². The molecule has 1 fully saturated rings. The Morgan fingerprint density at radius 3 is 2.54 bits per heavy atom. The van der Waals surface area contributed by atoms with Crippen molar-refractivity contribution in [2.24, 2.45) is 0 Å². The van der Waals surface area contributed by atoms with Gasteiger partial charge in [0.05, 0.1) is 5.02 Å². The van der Waals surface area contributed by atoms with Crippen molar-refractivity contribution in [2.75, 3.05) is 13.1 Å². The maximum atomic E-state index is 12.3. The van der Waals surface area contributed by atoms with E-state index in [0.29, 0.717) is 6.54 Å². The summed E-state index contributed by atoms with van der Waals surface area (Å²) < 4.78 is 28.0. The van der Waals surface area contributed by atoms with Crippen molar-refractivity contribution in [2.45, 2.75) is 36.0 Å². The summed E-state index contributed by atoms with van der Waals surface area (Å²) in [5, 5.41) is 3.12. The van der Waals surface area contributed by atoms with Gasteiger partial charge >= 0.3 is 0 Å². The predicted molar refractivity (Wildman–Crippen MR) is 114 cm³/mol. The Morgan fingerprint density at radius 1 is 1.14 bits per heavy atom. The monoisotopic (exact) mass is 484 g/mol. The predicted octanol–water partition coefficient (Wildman–Crippen LogP) is 4.01. The fourth-order valence-corrected chi connectivity index (χ4v) is 5.33. The highest BCUT2D eigenvalue weighted by Gasteiger charge is 2.38. The summed E-state index contributed by atoms with van der Waals surface area (Å²) in [5.74, 6) is -0.178. The molecule has 0 atom stereocenters. The van der Waals surface area contributed by atoms with Gasteiger partial charge in [-0.15, -0.1) is 0 Å². The van der Waals surface area contributed by atoms with Gasteiger partial charge in [0.25, 0.3) is 0 Å². The van der Waals surface area contributed by atoms with Crippen LogP contribution in [0.4, 0.5) is 0 Å². The summed E-state index contributed by atoms with van der Waals surface area (Å²) in [7, 11) is -3.74. The fraction of sp³-hybridized carbons (Fsp3) is 0.350. The Labute approximate surface area is 179 Å². The molecule has 0 unspecified atom stereocenters. The van der Waals surface area contributed by atoms with E-state index in [2.05, 4.69) is 38.1 Å². The van der Waals surface area contributed by atoms with Crippen molar-refractivity contribution < 1.29 is 13.2 Å². The van der Waals surface area contributed by atoms with E-state index in [-0.39, 0.29) is 34.2 Å². The maximum absolute atomic E-state index is 12.3. The number of benzene rings is 2. The first-order chi connectivity index (χ1) is 13.3. The van der Waals surface area contributed by atoms with Crippen molar-refractivity contribution in [3.8, 4) is 0 Å². The van der Waals surface area contributed by atoms with Crippen molar-refractivity contribution in [3.05, 3.63) is 63.6 Å². The molecule has 3 rings (SSSR count). The van der Waals surface area contributed by atoms with E-state index in [4.69, 9.17) is 11.6 Å². The zero-order valence-corrected chi connectivity index (χ0v) is 18.4. The highest BCUT2D eigenvalue weighted by atomic mass is 79.9. The molecule has 0 spiro atoms. The van der Waals surface area contributed by atoms with E-state index in [1.54, 1.807) is 12.1 Å². The molecule has 2 aromatic carbocycles. The highest BCUT2D eigenvalue weighted by Crippen LogP contribution is 2.43. The minimum atomic E-state index is -3.74. The molecular formula is C20H22BrClN2O3S. The molecular weight excluding hydrogens is 464 g/mol. The third-order valence-electron chi connectivity index (χ3n) is 5.14. The second-order valence-corrected chi connectivity index (χ2v) is 10.1. The summed E-state index contributed by atoms with van der Waals surface area (Å²) in [4.78, 5) is 12.3. The Balaban J connectivity index is 1.51.